The van der Waals surface area contributed by atoms with Gasteiger partial charge in [-0.1, -0.05) is 40.1 Å². The van der Waals surface area contributed by atoms with Crippen molar-refractivity contribution in [3.63, 3.8) is 0 Å². The lowest BCUT2D eigenvalue weighted by Gasteiger charge is -2.35. The molecule has 1 atom stereocenters. The van der Waals surface area contributed by atoms with Crippen molar-refractivity contribution in [2.75, 3.05) is 31.1 Å². The van der Waals surface area contributed by atoms with Gasteiger partial charge in [-0.2, -0.15) is 4.68 Å². The molecule has 1 fully saturated rings. The van der Waals surface area contributed by atoms with Gasteiger partial charge in [0.1, 0.15) is 5.71 Å². The van der Waals surface area contributed by atoms with Gasteiger partial charge in [-0.05, 0) is 34.7 Å². The van der Waals surface area contributed by atoms with Gasteiger partial charge in [0.25, 0.3) is 5.91 Å². The first-order valence-corrected chi connectivity index (χ1v) is 10.7. The normalized spacial score (nSPS) is 19.0. The summed E-state index contributed by atoms with van der Waals surface area (Å²) >= 11 is 7.43. The van der Waals surface area contributed by atoms with Gasteiger partial charge >= 0.3 is 0 Å². The molecule has 9 nitrogen and oxygen atoms in total. The van der Waals surface area contributed by atoms with Crippen molar-refractivity contribution in [3.8, 4) is 5.69 Å². The molecule has 2 aromatic heterocycles. The predicted molar refractivity (Wildman–Crippen MR) is 113 cm³/mol. The molecular formula is C19H18ClN7O2S. The quantitative estimate of drug-likeness (QED) is 0.614. The molecule has 0 radical (unpaired) electrons. The lowest BCUT2D eigenvalue weighted by atomic mass is 10.1. The fraction of sp³-hybridized carbons (Fsp3) is 0.316. The number of oxime groups is 1. The van der Waals surface area contributed by atoms with Crippen LogP contribution >= 0.6 is 22.9 Å². The number of aromatic nitrogens is 4. The summed E-state index contributed by atoms with van der Waals surface area (Å²) in [6, 6.07) is 13.5. The first-order chi connectivity index (χ1) is 14.7. The fourth-order valence-corrected chi connectivity index (χ4v) is 4.60. The van der Waals surface area contributed by atoms with Gasteiger partial charge in [0.2, 0.25) is 12.1 Å². The molecule has 11 heteroatoms. The van der Waals surface area contributed by atoms with Crippen molar-refractivity contribution in [1.29, 1.82) is 0 Å². The molecule has 1 saturated heterocycles. The number of hydrogen-bond donors (Lipinski definition) is 0. The summed E-state index contributed by atoms with van der Waals surface area (Å²) in [5.41, 5.74) is 1.67. The molecule has 0 spiro atoms. The third kappa shape index (κ3) is 3.63. The second-order valence-electron chi connectivity index (χ2n) is 6.98. The number of piperazine rings is 1. The number of hydrogen-bond acceptors (Lipinski definition) is 8. The summed E-state index contributed by atoms with van der Waals surface area (Å²) in [6.07, 6.45) is -0.121. The standard InChI is InChI=1S/C19H18ClN7O2S/c20-17-7-6-16(30-17)14-12-15(29-22-14)18(28)25-8-10-26(11-9-25)19-21-23-24-27(19)13-4-2-1-3-5-13/h1-7,15H,8-12H2. The largest absolute Gasteiger partial charge is 0.382 e. The monoisotopic (exact) mass is 443 g/mol. The van der Waals surface area contributed by atoms with Crippen LogP contribution in [0.5, 0.6) is 0 Å². The van der Waals surface area contributed by atoms with Gasteiger partial charge in [0, 0.05) is 32.6 Å². The van der Waals surface area contributed by atoms with Crippen molar-refractivity contribution in [1.82, 2.24) is 25.1 Å². The predicted octanol–water partition coefficient (Wildman–Crippen LogP) is 2.22. The van der Waals surface area contributed by atoms with Crippen LogP contribution in [0.3, 0.4) is 0 Å². The molecule has 0 bridgehead atoms. The molecule has 1 aromatic carbocycles. The summed E-state index contributed by atoms with van der Waals surface area (Å²) < 4.78 is 2.40. The number of thiophene rings is 1. The van der Waals surface area contributed by atoms with E-state index >= 15 is 0 Å². The van der Waals surface area contributed by atoms with Gasteiger partial charge in [-0.25, -0.2) is 0 Å². The maximum Gasteiger partial charge on any atom is 0.267 e. The Kier molecular flexibility index (Phi) is 5.09. The third-order valence-corrected chi connectivity index (χ3v) is 6.41. The highest BCUT2D eigenvalue weighted by Crippen LogP contribution is 2.27. The Morgan fingerprint density at radius 2 is 1.90 bits per heavy atom. The molecule has 4 heterocycles. The Morgan fingerprint density at radius 3 is 2.63 bits per heavy atom. The Morgan fingerprint density at radius 1 is 1.10 bits per heavy atom. The van der Waals surface area contributed by atoms with E-state index in [9.17, 15) is 4.79 Å². The Balaban J connectivity index is 1.20. The summed E-state index contributed by atoms with van der Waals surface area (Å²) in [4.78, 5) is 23.2. The number of tetrazole rings is 1. The number of anilines is 1. The molecule has 0 saturated carbocycles. The van der Waals surface area contributed by atoms with Gasteiger partial charge < -0.3 is 14.6 Å². The number of amides is 1. The van der Waals surface area contributed by atoms with Crippen LogP contribution in [-0.2, 0) is 9.63 Å². The van der Waals surface area contributed by atoms with Crippen LogP contribution in [0.1, 0.15) is 11.3 Å². The highest BCUT2D eigenvalue weighted by atomic mass is 35.5. The minimum atomic E-state index is -0.581. The van der Waals surface area contributed by atoms with Crippen molar-refractivity contribution >= 4 is 40.5 Å². The van der Waals surface area contributed by atoms with Crippen LogP contribution in [0.4, 0.5) is 5.95 Å². The van der Waals surface area contributed by atoms with Crippen molar-refractivity contribution in [3.05, 3.63) is 51.7 Å². The third-order valence-electron chi connectivity index (χ3n) is 5.13. The molecule has 30 heavy (non-hydrogen) atoms. The van der Waals surface area contributed by atoms with Crippen LogP contribution in [0, 0.1) is 0 Å². The second kappa shape index (κ2) is 8.04. The second-order valence-corrected chi connectivity index (χ2v) is 8.69. The molecule has 1 amide bonds. The minimum absolute atomic E-state index is 0.0429. The van der Waals surface area contributed by atoms with Crippen molar-refractivity contribution < 1.29 is 9.63 Å². The van der Waals surface area contributed by atoms with Crippen molar-refractivity contribution in [2.45, 2.75) is 12.5 Å². The summed E-state index contributed by atoms with van der Waals surface area (Å²) in [7, 11) is 0. The van der Waals surface area contributed by atoms with E-state index in [1.807, 2.05) is 47.4 Å². The zero-order valence-corrected chi connectivity index (χ0v) is 17.5. The topological polar surface area (TPSA) is 88.7 Å². The highest BCUT2D eigenvalue weighted by Gasteiger charge is 2.35. The molecular weight excluding hydrogens is 426 g/mol. The van der Waals surface area contributed by atoms with Gasteiger partial charge in [-0.15, -0.1) is 11.3 Å². The first-order valence-electron chi connectivity index (χ1n) is 9.55. The Labute approximate surface area is 181 Å². The summed E-state index contributed by atoms with van der Waals surface area (Å²) in [5.74, 6) is 0.629. The Bertz CT molecular complexity index is 1080. The lowest BCUT2D eigenvalue weighted by Crippen LogP contribution is -2.52. The van der Waals surface area contributed by atoms with E-state index in [-0.39, 0.29) is 5.91 Å². The van der Waals surface area contributed by atoms with Crippen LogP contribution in [0.2, 0.25) is 4.34 Å². The van der Waals surface area contributed by atoms with E-state index in [1.54, 1.807) is 4.68 Å². The fourth-order valence-electron chi connectivity index (χ4n) is 3.57. The Hall–Kier alpha value is -2.98. The highest BCUT2D eigenvalue weighted by molar-refractivity contribution is 7.18. The number of halogens is 1. The lowest BCUT2D eigenvalue weighted by molar-refractivity contribution is -0.142. The molecule has 5 rings (SSSR count). The van der Waals surface area contributed by atoms with E-state index in [0.717, 1.165) is 16.3 Å². The van der Waals surface area contributed by atoms with E-state index in [1.165, 1.54) is 11.3 Å². The summed E-state index contributed by atoms with van der Waals surface area (Å²) in [6.45, 7) is 2.42. The number of rotatable bonds is 4. The zero-order valence-electron chi connectivity index (χ0n) is 15.9. The molecule has 154 valence electrons. The number of carbonyl (C=O) groups is 1. The van der Waals surface area contributed by atoms with Crippen LogP contribution < -0.4 is 4.90 Å². The SMILES string of the molecule is O=C(C1CC(c2ccc(Cl)s2)=NO1)N1CCN(c2nnnn2-c2ccccc2)CC1. The van der Waals surface area contributed by atoms with Crippen LogP contribution in [0.25, 0.3) is 5.69 Å². The average molecular weight is 444 g/mol. The van der Waals surface area contributed by atoms with E-state index in [2.05, 4.69) is 25.6 Å². The summed E-state index contributed by atoms with van der Waals surface area (Å²) in [5, 5.41) is 16.2. The van der Waals surface area contributed by atoms with E-state index < -0.39 is 6.10 Å². The molecule has 0 aliphatic carbocycles. The van der Waals surface area contributed by atoms with Gasteiger partial charge in [0.05, 0.1) is 14.9 Å². The van der Waals surface area contributed by atoms with Gasteiger partial charge in [0.15, 0.2) is 0 Å². The molecule has 1 unspecified atom stereocenters. The maximum absolute atomic E-state index is 12.9. The molecule has 2 aliphatic heterocycles. The molecule has 2 aliphatic rings. The number of benzene rings is 1. The number of carbonyl (C=O) groups excluding carboxylic acids is 1. The molecule has 3 aromatic rings. The van der Waals surface area contributed by atoms with E-state index in [0.29, 0.717) is 42.9 Å². The van der Waals surface area contributed by atoms with Gasteiger partial charge in [-0.3, -0.25) is 4.79 Å². The average Bonchev–Trinajstić information content (AvgIpc) is 3.54. The number of para-hydroxylation sites is 1. The van der Waals surface area contributed by atoms with Crippen molar-refractivity contribution in [2.24, 2.45) is 5.16 Å². The van der Waals surface area contributed by atoms with E-state index in [4.69, 9.17) is 16.4 Å². The first kappa shape index (κ1) is 19.0. The maximum atomic E-state index is 12.9. The number of nitrogens with zero attached hydrogens (tertiary/aromatic N) is 7. The smallest absolute Gasteiger partial charge is 0.267 e. The molecule has 0 N–H and O–H groups in total. The zero-order chi connectivity index (χ0) is 20.5. The minimum Gasteiger partial charge on any atom is -0.382 e. The van der Waals surface area contributed by atoms with Crippen LogP contribution in [-0.4, -0.2) is 69.0 Å². The van der Waals surface area contributed by atoms with Crippen LogP contribution in [0.15, 0.2) is 47.6 Å².